The lowest BCUT2D eigenvalue weighted by Gasteiger charge is -2.23. The second-order valence-electron chi connectivity index (χ2n) is 7.00. The van der Waals surface area contributed by atoms with Gasteiger partial charge in [0.1, 0.15) is 30.4 Å². The van der Waals surface area contributed by atoms with E-state index in [2.05, 4.69) is 0 Å². The number of esters is 1. The Morgan fingerprint density at radius 1 is 1.00 bits per heavy atom. The van der Waals surface area contributed by atoms with Crippen molar-refractivity contribution in [3.05, 3.63) is 66.2 Å². The number of carbonyl (C=O) groups excluding carboxylic acids is 1. The van der Waals surface area contributed by atoms with Crippen molar-refractivity contribution in [2.75, 3.05) is 6.61 Å². The molecular weight excluding hydrogens is 364 g/mol. The van der Waals surface area contributed by atoms with Crippen molar-refractivity contribution >= 4 is 17.7 Å². The molecule has 0 aliphatic carbocycles. The van der Waals surface area contributed by atoms with Gasteiger partial charge in [-0.3, -0.25) is 0 Å². The molecule has 5 nitrogen and oxygen atoms in total. The van der Waals surface area contributed by atoms with Gasteiger partial charge in [-0.2, -0.15) is 0 Å². The zero-order valence-electron chi connectivity index (χ0n) is 15.2. The molecule has 0 spiro atoms. The van der Waals surface area contributed by atoms with Crippen LogP contribution in [-0.4, -0.2) is 42.1 Å². The van der Waals surface area contributed by atoms with Crippen LogP contribution in [0, 0.1) is 0 Å². The molecule has 2 aliphatic rings. The number of hydrogen-bond acceptors (Lipinski definition) is 6. The average molecular weight is 386 g/mol. The number of hydrogen-bond donors (Lipinski definition) is 0. The van der Waals surface area contributed by atoms with Crippen molar-refractivity contribution in [3.63, 3.8) is 0 Å². The van der Waals surface area contributed by atoms with Gasteiger partial charge < -0.3 is 18.9 Å². The van der Waals surface area contributed by atoms with Gasteiger partial charge in [-0.15, -0.1) is 0 Å². The minimum absolute atomic E-state index is 0.125. The highest BCUT2D eigenvalue weighted by Gasteiger charge is 2.55. The fraction of sp³-hybridized carbons (Fsp3) is 0.381. The molecule has 0 bridgehead atoms. The van der Waals surface area contributed by atoms with Crippen LogP contribution >= 0.6 is 11.8 Å². The summed E-state index contributed by atoms with van der Waals surface area (Å²) >= 11 is 1.60. The summed E-state index contributed by atoms with van der Waals surface area (Å²) in [6.07, 6.45) is -0.860. The monoisotopic (exact) mass is 386 g/mol. The third-order valence-corrected chi connectivity index (χ3v) is 5.65. The predicted molar refractivity (Wildman–Crippen MR) is 102 cm³/mol. The smallest absolute Gasteiger partial charge is 0.338 e. The van der Waals surface area contributed by atoms with Crippen molar-refractivity contribution in [1.82, 2.24) is 0 Å². The van der Waals surface area contributed by atoms with Crippen LogP contribution in [0.1, 0.15) is 24.2 Å². The molecule has 0 radical (unpaired) electrons. The Hall–Kier alpha value is -1.86. The normalized spacial score (nSPS) is 28.7. The Kier molecular flexibility index (Phi) is 5.23. The van der Waals surface area contributed by atoms with Crippen molar-refractivity contribution in [2.24, 2.45) is 0 Å². The molecule has 2 aliphatic heterocycles. The minimum Gasteiger partial charge on any atom is -0.459 e. The quantitative estimate of drug-likeness (QED) is 0.727. The largest absolute Gasteiger partial charge is 0.459 e. The molecule has 4 unspecified atom stereocenters. The minimum atomic E-state index is -0.684. The number of rotatable bonds is 5. The van der Waals surface area contributed by atoms with Gasteiger partial charge in [0.2, 0.25) is 0 Å². The van der Waals surface area contributed by atoms with Gasteiger partial charge in [0.25, 0.3) is 0 Å². The van der Waals surface area contributed by atoms with Crippen molar-refractivity contribution in [1.29, 1.82) is 0 Å². The highest BCUT2D eigenvalue weighted by atomic mass is 32.2. The Morgan fingerprint density at radius 3 is 2.33 bits per heavy atom. The molecule has 2 aromatic carbocycles. The van der Waals surface area contributed by atoms with E-state index in [9.17, 15) is 4.79 Å². The van der Waals surface area contributed by atoms with Crippen LogP contribution in [0.25, 0.3) is 0 Å². The lowest BCUT2D eigenvalue weighted by atomic mass is 10.1. The highest BCUT2D eigenvalue weighted by molar-refractivity contribution is 7.99. The Labute approximate surface area is 163 Å². The molecule has 4 atom stereocenters. The summed E-state index contributed by atoms with van der Waals surface area (Å²) in [4.78, 5) is 13.3. The number of carbonyl (C=O) groups is 1. The Morgan fingerprint density at radius 2 is 1.63 bits per heavy atom. The number of ether oxygens (including phenoxy) is 4. The maximum Gasteiger partial charge on any atom is 0.338 e. The maximum absolute atomic E-state index is 12.2. The summed E-state index contributed by atoms with van der Waals surface area (Å²) in [5, 5.41) is 0. The zero-order chi connectivity index (χ0) is 18.9. The maximum atomic E-state index is 12.2. The van der Waals surface area contributed by atoms with E-state index in [1.165, 1.54) is 0 Å². The van der Waals surface area contributed by atoms with Gasteiger partial charge in [0, 0.05) is 4.90 Å². The van der Waals surface area contributed by atoms with Crippen LogP contribution in [0.4, 0.5) is 0 Å². The summed E-state index contributed by atoms with van der Waals surface area (Å²) < 4.78 is 23.7. The molecule has 2 saturated heterocycles. The van der Waals surface area contributed by atoms with E-state index in [1.807, 2.05) is 62.4 Å². The summed E-state index contributed by atoms with van der Waals surface area (Å²) in [5.74, 6) is -1.05. The van der Waals surface area contributed by atoms with E-state index in [1.54, 1.807) is 23.9 Å². The molecule has 0 saturated carbocycles. The topological polar surface area (TPSA) is 54.0 Å². The van der Waals surface area contributed by atoms with Crippen molar-refractivity contribution < 1.29 is 23.7 Å². The van der Waals surface area contributed by atoms with Gasteiger partial charge in [-0.05, 0) is 38.1 Å². The molecule has 4 rings (SSSR count). The molecule has 6 heteroatoms. The average Bonchev–Trinajstić information content (AvgIpc) is 3.15. The van der Waals surface area contributed by atoms with E-state index in [0.29, 0.717) is 5.56 Å². The second kappa shape index (κ2) is 7.64. The summed E-state index contributed by atoms with van der Waals surface area (Å²) in [6.45, 7) is 3.91. The van der Waals surface area contributed by atoms with Gasteiger partial charge in [-0.1, -0.05) is 48.2 Å². The van der Waals surface area contributed by atoms with E-state index in [-0.39, 0.29) is 36.3 Å². The van der Waals surface area contributed by atoms with E-state index in [0.717, 1.165) is 4.90 Å². The first kappa shape index (κ1) is 18.5. The van der Waals surface area contributed by atoms with Crippen LogP contribution in [0.2, 0.25) is 0 Å². The molecule has 0 N–H and O–H groups in total. The van der Waals surface area contributed by atoms with Crippen LogP contribution in [-0.2, 0) is 18.9 Å². The van der Waals surface area contributed by atoms with Gasteiger partial charge >= 0.3 is 5.97 Å². The first-order valence-electron chi connectivity index (χ1n) is 8.97. The Bertz CT molecular complexity index is 780. The van der Waals surface area contributed by atoms with Gasteiger partial charge in [-0.25, -0.2) is 4.79 Å². The van der Waals surface area contributed by atoms with Gasteiger partial charge in [0.05, 0.1) is 5.56 Å². The van der Waals surface area contributed by atoms with Crippen molar-refractivity contribution in [2.45, 2.75) is 48.3 Å². The molecule has 2 fully saturated rings. The van der Waals surface area contributed by atoms with Gasteiger partial charge in [0.15, 0.2) is 5.79 Å². The summed E-state index contributed by atoms with van der Waals surface area (Å²) in [7, 11) is 0. The highest BCUT2D eigenvalue weighted by Crippen LogP contribution is 2.44. The summed E-state index contributed by atoms with van der Waals surface area (Å²) in [6, 6.07) is 19.0. The first-order chi connectivity index (χ1) is 13.0. The lowest BCUT2D eigenvalue weighted by Crippen LogP contribution is -2.33. The zero-order valence-corrected chi connectivity index (χ0v) is 16.1. The van der Waals surface area contributed by atoms with Crippen LogP contribution in [0.5, 0.6) is 0 Å². The van der Waals surface area contributed by atoms with Crippen LogP contribution in [0.15, 0.2) is 65.6 Å². The fourth-order valence-electron chi connectivity index (χ4n) is 3.32. The molecule has 0 amide bonds. The molecular formula is C21H22O5S. The Balaban J connectivity index is 1.44. The van der Waals surface area contributed by atoms with E-state index in [4.69, 9.17) is 18.9 Å². The first-order valence-corrected chi connectivity index (χ1v) is 9.85. The fourth-order valence-corrected chi connectivity index (χ4v) is 4.45. The lowest BCUT2D eigenvalue weighted by molar-refractivity contribution is -0.181. The number of fused-ring (bicyclic) bond motifs is 1. The molecule has 27 heavy (non-hydrogen) atoms. The second-order valence-corrected chi connectivity index (χ2v) is 8.17. The molecule has 2 aromatic rings. The van der Waals surface area contributed by atoms with Crippen molar-refractivity contribution in [3.8, 4) is 0 Å². The number of thioether (sulfide) groups is 1. The van der Waals surface area contributed by atoms with E-state index >= 15 is 0 Å². The third-order valence-electron chi connectivity index (χ3n) is 4.49. The SMILES string of the molecule is CC1(C)OC2C(COC(=O)c3ccccc3)OC(Sc3ccccc3)C2O1. The van der Waals surface area contributed by atoms with Crippen LogP contribution < -0.4 is 0 Å². The molecule has 0 aromatic heterocycles. The molecule has 142 valence electrons. The third kappa shape index (κ3) is 4.19. The standard InChI is InChI=1S/C21H22O5S/c1-21(2)25-17-16(13-23-19(22)14-9-5-3-6-10-14)24-20(18(17)26-21)27-15-11-7-4-8-12-15/h3-12,16-18,20H,13H2,1-2H3. The predicted octanol–water partition coefficient (Wildman–Crippen LogP) is 3.88. The van der Waals surface area contributed by atoms with Crippen LogP contribution in [0.3, 0.4) is 0 Å². The van der Waals surface area contributed by atoms with E-state index < -0.39 is 5.79 Å². The summed E-state index contributed by atoms with van der Waals surface area (Å²) in [5.41, 5.74) is 0.297. The number of benzene rings is 2. The molecule has 2 heterocycles.